The van der Waals surface area contributed by atoms with Crippen LogP contribution in [0.2, 0.25) is 0 Å². The highest BCUT2D eigenvalue weighted by atomic mass is 79.9. The third-order valence-corrected chi connectivity index (χ3v) is 3.96. The van der Waals surface area contributed by atoms with Crippen molar-refractivity contribution in [2.75, 3.05) is 13.7 Å². The first-order valence-electron chi connectivity index (χ1n) is 7.30. The first-order chi connectivity index (χ1) is 9.95. The van der Waals surface area contributed by atoms with Crippen molar-refractivity contribution in [1.82, 2.24) is 4.90 Å². The summed E-state index contributed by atoms with van der Waals surface area (Å²) < 4.78 is 6.81. The van der Waals surface area contributed by atoms with Crippen molar-refractivity contribution in [2.45, 2.75) is 45.7 Å². The average molecular weight is 395 g/mol. The van der Waals surface area contributed by atoms with E-state index in [9.17, 15) is 4.79 Å². The maximum atomic E-state index is 11.0. The van der Waals surface area contributed by atoms with Crippen LogP contribution in [0, 0.1) is 0 Å². The van der Waals surface area contributed by atoms with E-state index >= 15 is 0 Å². The van der Waals surface area contributed by atoms with E-state index in [0.29, 0.717) is 13.2 Å². The fourth-order valence-corrected chi connectivity index (χ4v) is 2.35. The second-order valence-electron chi connectivity index (χ2n) is 5.24. The first kappa shape index (κ1) is 21.2. The van der Waals surface area contributed by atoms with Crippen LogP contribution in [0.15, 0.2) is 22.7 Å². The second kappa shape index (κ2) is 10.9. The fraction of sp³-hybridized carbons (Fsp3) is 0.562. The number of aliphatic carboxylic acids is 1. The third kappa shape index (κ3) is 6.99. The van der Waals surface area contributed by atoms with Gasteiger partial charge in [-0.25, -0.2) is 0 Å². The molecule has 0 fully saturated rings. The van der Waals surface area contributed by atoms with Gasteiger partial charge in [0, 0.05) is 16.6 Å². The molecule has 1 aromatic carbocycles. The van der Waals surface area contributed by atoms with E-state index in [0.717, 1.165) is 35.0 Å². The van der Waals surface area contributed by atoms with Crippen LogP contribution in [-0.4, -0.2) is 35.7 Å². The number of hydrogen-bond donors (Lipinski definition) is 1. The number of carboxylic acids is 1. The molecule has 126 valence electrons. The van der Waals surface area contributed by atoms with Gasteiger partial charge in [-0.15, -0.1) is 12.4 Å². The lowest BCUT2D eigenvalue weighted by Gasteiger charge is -2.22. The molecule has 0 bridgehead atoms. The largest absolute Gasteiger partial charge is 0.493 e. The summed E-state index contributed by atoms with van der Waals surface area (Å²) in [6, 6.07) is 5.33. The number of unbranched alkanes of at least 4 members (excludes halogenated alkanes) is 2. The highest BCUT2D eigenvalue weighted by molar-refractivity contribution is 9.10. The minimum atomic E-state index is -0.821. The number of benzene rings is 1. The van der Waals surface area contributed by atoms with E-state index in [-0.39, 0.29) is 12.4 Å². The molecule has 0 aliphatic rings. The van der Waals surface area contributed by atoms with Crippen molar-refractivity contribution in [3.8, 4) is 5.75 Å². The highest BCUT2D eigenvalue weighted by Gasteiger charge is 2.18. The number of ether oxygens (including phenoxy) is 1. The molecule has 1 N–H and O–H groups in total. The monoisotopic (exact) mass is 393 g/mol. The molecule has 6 heteroatoms. The molecular weight excluding hydrogens is 370 g/mol. The normalized spacial score (nSPS) is 11.9. The Morgan fingerprint density at radius 1 is 1.41 bits per heavy atom. The molecule has 0 heterocycles. The van der Waals surface area contributed by atoms with Crippen LogP contribution < -0.4 is 4.74 Å². The Kier molecular flexibility index (Phi) is 10.5. The van der Waals surface area contributed by atoms with Crippen LogP contribution in [0.5, 0.6) is 5.75 Å². The van der Waals surface area contributed by atoms with Gasteiger partial charge in [-0.2, -0.15) is 0 Å². The van der Waals surface area contributed by atoms with Gasteiger partial charge in [0.15, 0.2) is 0 Å². The summed E-state index contributed by atoms with van der Waals surface area (Å²) in [5.41, 5.74) is 0.997. The molecule has 22 heavy (non-hydrogen) atoms. The minimum Gasteiger partial charge on any atom is -0.493 e. The Morgan fingerprint density at radius 3 is 2.68 bits per heavy atom. The van der Waals surface area contributed by atoms with Gasteiger partial charge in [0.25, 0.3) is 0 Å². The van der Waals surface area contributed by atoms with Gasteiger partial charge in [-0.1, -0.05) is 35.7 Å². The molecule has 0 radical (unpaired) electrons. The third-order valence-electron chi connectivity index (χ3n) is 3.47. The number of hydrogen-bond acceptors (Lipinski definition) is 3. The number of rotatable bonds is 9. The van der Waals surface area contributed by atoms with Crippen molar-refractivity contribution < 1.29 is 14.6 Å². The Morgan fingerprint density at radius 2 is 2.09 bits per heavy atom. The van der Waals surface area contributed by atoms with Crippen LogP contribution >= 0.6 is 28.3 Å². The van der Waals surface area contributed by atoms with Gasteiger partial charge in [0.1, 0.15) is 11.8 Å². The maximum absolute atomic E-state index is 11.0. The molecular formula is C16H25BrClNO3. The molecule has 0 aromatic heterocycles. The predicted molar refractivity (Wildman–Crippen MR) is 95.0 cm³/mol. The van der Waals surface area contributed by atoms with Crippen LogP contribution in [0.4, 0.5) is 0 Å². The quantitative estimate of drug-likeness (QED) is 0.633. The van der Waals surface area contributed by atoms with Gasteiger partial charge in [-0.3, -0.25) is 9.69 Å². The van der Waals surface area contributed by atoms with Crippen molar-refractivity contribution in [2.24, 2.45) is 0 Å². The van der Waals surface area contributed by atoms with E-state index in [2.05, 4.69) is 22.9 Å². The molecule has 0 amide bonds. The zero-order valence-electron chi connectivity index (χ0n) is 13.3. The van der Waals surface area contributed by atoms with E-state index < -0.39 is 12.0 Å². The zero-order valence-corrected chi connectivity index (χ0v) is 15.7. The van der Waals surface area contributed by atoms with Crippen molar-refractivity contribution in [3.05, 3.63) is 28.2 Å². The fourth-order valence-electron chi connectivity index (χ4n) is 1.94. The lowest BCUT2D eigenvalue weighted by atomic mass is 10.1. The Labute approximate surface area is 147 Å². The highest BCUT2D eigenvalue weighted by Crippen LogP contribution is 2.25. The zero-order chi connectivity index (χ0) is 15.8. The molecule has 0 spiro atoms. The minimum absolute atomic E-state index is 0. The van der Waals surface area contributed by atoms with Gasteiger partial charge < -0.3 is 9.84 Å². The molecule has 1 unspecified atom stereocenters. The average Bonchev–Trinajstić information content (AvgIpc) is 2.44. The molecule has 0 aliphatic heterocycles. The smallest absolute Gasteiger partial charge is 0.320 e. The Hall–Kier alpha value is -0.780. The summed E-state index contributed by atoms with van der Waals surface area (Å²) in [7, 11) is 1.81. The number of halogens is 2. The molecule has 0 saturated carbocycles. The number of carboxylic acid groups (broad SMARTS) is 1. The molecule has 0 saturated heterocycles. The summed E-state index contributed by atoms with van der Waals surface area (Å²) in [6.45, 7) is 5.08. The van der Waals surface area contributed by atoms with E-state index in [4.69, 9.17) is 9.84 Å². The van der Waals surface area contributed by atoms with Gasteiger partial charge in [-0.05, 0) is 38.6 Å². The Balaban J connectivity index is 0.00000441. The van der Waals surface area contributed by atoms with Crippen molar-refractivity contribution in [1.29, 1.82) is 0 Å². The van der Waals surface area contributed by atoms with E-state index in [1.54, 1.807) is 18.9 Å². The molecule has 1 atom stereocenters. The summed E-state index contributed by atoms with van der Waals surface area (Å²) >= 11 is 3.45. The molecule has 4 nitrogen and oxygen atoms in total. The summed E-state index contributed by atoms with van der Waals surface area (Å²) in [5, 5.41) is 9.07. The lowest BCUT2D eigenvalue weighted by molar-refractivity contribution is -0.142. The van der Waals surface area contributed by atoms with Crippen molar-refractivity contribution in [3.63, 3.8) is 0 Å². The lowest BCUT2D eigenvalue weighted by Crippen LogP contribution is -2.35. The maximum Gasteiger partial charge on any atom is 0.320 e. The second-order valence-corrected chi connectivity index (χ2v) is 6.15. The van der Waals surface area contributed by atoms with E-state index in [1.807, 2.05) is 18.2 Å². The van der Waals surface area contributed by atoms with Gasteiger partial charge in [0.2, 0.25) is 0 Å². The molecule has 0 aliphatic carbocycles. The van der Waals surface area contributed by atoms with Crippen LogP contribution in [0.1, 0.15) is 38.7 Å². The van der Waals surface area contributed by atoms with Crippen LogP contribution in [-0.2, 0) is 11.3 Å². The summed E-state index contributed by atoms with van der Waals surface area (Å²) in [5.74, 6) is 0.0108. The van der Waals surface area contributed by atoms with Gasteiger partial charge >= 0.3 is 5.97 Å². The van der Waals surface area contributed by atoms with Gasteiger partial charge in [0.05, 0.1) is 6.61 Å². The molecule has 1 aromatic rings. The number of likely N-dealkylation sites (N-methyl/N-ethyl adjacent to an activating group) is 1. The SMILES string of the molecule is CCCCCOc1ccc(Br)cc1CN(C)C(C)C(=O)O.Cl. The first-order valence-corrected chi connectivity index (χ1v) is 8.09. The van der Waals surface area contributed by atoms with Crippen LogP contribution in [0.3, 0.4) is 0 Å². The van der Waals surface area contributed by atoms with E-state index in [1.165, 1.54) is 0 Å². The Bertz CT molecular complexity index is 471. The van der Waals surface area contributed by atoms with Crippen molar-refractivity contribution >= 4 is 34.3 Å². The number of carbonyl (C=O) groups is 1. The standard InChI is InChI=1S/C16H24BrNO3.ClH/c1-4-5-6-9-21-15-8-7-14(17)10-13(15)11-18(3)12(2)16(19)20;/h7-8,10,12H,4-6,9,11H2,1-3H3,(H,19,20);1H. The molecule has 1 rings (SSSR count). The van der Waals surface area contributed by atoms with Crippen LogP contribution in [0.25, 0.3) is 0 Å². The predicted octanol–water partition coefficient (Wildman–Crippen LogP) is 4.34. The summed E-state index contributed by atoms with van der Waals surface area (Å²) in [6.07, 6.45) is 3.35. The number of nitrogens with zero attached hydrogens (tertiary/aromatic N) is 1. The summed E-state index contributed by atoms with van der Waals surface area (Å²) in [4.78, 5) is 12.8. The topological polar surface area (TPSA) is 49.8 Å².